The number of ether oxygens (including phenoxy) is 1. The van der Waals surface area contributed by atoms with E-state index < -0.39 is 11.2 Å². The van der Waals surface area contributed by atoms with Crippen LogP contribution in [0.5, 0.6) is 0 Å². The Kier molecular flexibility index (Phi) is 7.98. The maximum absolute atomic E-state index is 13.0. The summed E-state index contributed by atoms with van der Waals surface area (Å²) < 4.78 is 17.1. The molecule has 0 fully saturated rings. The van der Waals surface area contributed by atoms with Gasteiger partial charge in [0.05, 0.1) is 0 Å². The lowest BCUT2D eigenvalue weighted by Crippen LogP contribution is -2.48. The molecule has 0 saturated heterocycles. The molecule has 1 unspecified atom stereocenters. The first-order valence-electron chi connectivity index (χ1n) is 13.3. The third-order valence-electron chi connectivity index (χ3n) is 6.95. The zero-order chi connectivity index (χ0) is 29.2. The van der Waals surface area contributed by atoms with Gasteiger partial charge in [-0.1, -0.05) is 19.1 Å². The largest absolute Gasteiger partial charge is 0.460 e. The summed E-state index contributed by atoms with van der Waals surface area (Å²) in [4.78, 5) is 48.3. The molecule has 0 spiro atoms. The molecule has 9 nitrogen and oxygen atoms in total. The molecule has 0 radical (unpaired) electrons. The Labute approximate surface area is 232 Å². The molecule has 1 atom stereocenters. The van der Waals surface area contributed by atoms with Crippen molar-refractivity contribution in [3.63, 3.8) is 0 Å². The van der Waals surface area contributed by atoms with Crippen LogP contribution in [0, 0.1) is 0 Å². The Hall–Kier alpha value is -4.23. The van der Waals surface area contributed by atoms with Gasteiger partial charge in [0.2, 0.25) is 5.89 Å². The molecule has 210 valence electrons. The molecule has 0 amide bonds. The highest BCUT2D eigenvalue weighted by molar-refractivity contribution is 5.87. The summed E-state index contributed by atoms with van der Waals surface area (Å²) in [6.07, 6.45) is 2.24. The normalized spacial score (nSPS) is 16.1. The average Bonchev–Trinajstić information content (AvgIpc) is 3.28. The first-order chi connectivity index (χ1) is 18.8. The lowest BCUT2D eigenvalue weighted by atomic mass is 9.79. The smallest absolute Gasteiger partial charge is 0.373 e. The quantitative estimate of drug-likeness (QED) is 0.212. The number of carbonyl (C=O) groups is 1. The number of para-hydroxylation sites is 2. The van der Waals surface area contributed by atoms with Crippen molar-refractivity contribution >= 4 is 39.9 Å². The molecule has 1 aliphatic rings. The summed E-state index contributed by atoms with van der Waals surface area (Å²) in [6, 6.07) is 13.3. The van der Waals surface area contributed by atoms with Gasteiger partial charge in [0.15, 0.2) is 5.58 Å². The lowest BCUT2D eigenvalue weighted by molar-refractivity contribution is -0.191. The number of fused-ring (bicyclic) bond motifs is 3. The molecule has 0 saturated carbocycles. The molecule has 1 aliphatic heterocycles. The second-order valence-electron chi connectivity index (χ2n) is 11.7. The van der Waals surface area contributed by atoms with E-state index in [1.807, 2.05) is 57.2 Å². The molecular weight excluding hydrogens is 512 g/mol. The van der Waals surface area contributed by atoms with Crippen LogP contribution in [0.3, 0.4) is 0 Å². The van der Waals surface area contributed by atoms with Gasteiger partial charge in [-0.05, 0) is 83.2 Å². The molecule has 4 aromatic rings. The van der Waals surface area contributed by atoms with Gasteiger partial charge >= 0.3 is 17.7 Å². The van der Waals surface area contributed by atoms with Crippen molar-refractivity contribution in [3.05, 3.63) is 58.4 Å². The van der Waals surface area contributed by atoms with Crippen LogP contribution in [0.4, 0.5) is 5.69 Å². The minimum absolute atomic E-state index is 0.119. The number of rotatable bonds is 5. The highest BCUT2D eigenvalue weighted by Crippen LogP contribution is 2.45. The number of hydrogen-bond acceptors (Lipinski definition) is 9. The van der Waals surface area contributed by atoms with Gasteiger partial charge in [-0.25, -0.2) is 9.78 Å². The van der Waals surface area contributed by atoms with Crippen LogP contribution < -0.4 is 10.5 Å². The lowest BCUT2D eigenvalue weighted by Gasteiger charge is -2.47. The molecule has 0 N–H and O–H groups in total. The van der Waals surface area contributed by atoms with Crippen LogP contribution in [0.25, 0.3) is 33.5 Å². The summed E-state index contributed by atoms with van der Waals surface area (Å²) in [5.74, 6) is 0.385. The predicted molar refractivity (Wildman–Crippen MR) is 150 cm³/mol. The van der Waals surface area contributed by atoms with Crippen molar-refractivity contribution in [1.29, 1.82) is 0 Å². The number of nitrogens with zero attached hydrogens (tertiary/aromatic N) is 2. The highest BCUT2D eigenvalue weighted by atomic mass is 16.6. The van der Waals surface area contributed by atoms with Crippen molar-refractivity contribution in [2.75, 3.05) is 11.4 Å². The summed E-state index contributed by atoms with van der Waals surface area (Å²) in [5.41, 5.74) is 3.29. The van der Waals surface area contributed by atoms with Gasteiger partial charge in [-0.2, -0.15) is 9.59 Å². The van der Waals surface area contributed by atoms with Crippen LogP contribution in [0.1, 0.15) is 72.3 Å². The third-order valence-corrected chi connectivity index (χ3v) is 6.95. The van der Waals surface area contributed by atoms with Crippen LogP contribution in [-0.4, -0.2) is 34.8 Å². The minimum atomic E-state index is -0.489. The Bertz CT molecular complexity index is 1600. The fraction of sp³-hybridized carbons (Fsp3) is 0.419. The van der Waals surface area contributed by atoms with Crippen molar-refractivity contribution in [2.24, 2.45) is 0 Å². The number of esters is 1. The number of anilines is 1. The number of aromatic nitrogens is 1. The molecule has 0 bridgehead atoms. The van der Waals surface area contributed by atoms with Crippen LogP contribution in [-0.2, 0) is 19.1 Å². The van der Waals surface area contributed by atoms with Crippen molar-refractivity contribution in [2.45, 2.75) is 77.9 Å². The van der Waals surface area contributed by atoms with Gasteiger partial charge in [0.1, 0.15) is 22.3 Å². The van der Waals surface area contributed by atoms with Gasteiger partial charge < -0.3 is 18.5 Å². The highest BCUT2D eigenvalue weighted by Gasteiger charge is 2.36. The molecule has 3 heterocycles. The summed E-state index contributed by atoms with van der Waals surface area (Å²) in [7, 11) is 0. The second-order valence-corrected chi connectivity index (χ2v) is 11.7. The molecule has 0 aliphatic carbocycles. The number of benzene rings is 2. The molecule has 9 heteroatoms. The SMILES string of the molecule is CC1CC(C)(C)N(CCCC(=O)OC(C)(C)C)c2cc3oc(=O)c(-c4nc5ccccc5o4)cc3cc21.O=C=O. The van der Waals surface area contributed by atoms with Gasteiger partial charge in [-0.3, -0.25) is 4.79 Å². The van der Waals surface area contributed by atoms with E-state index in [0.29, 0.717) is 47.6 Å². The monoisotopic (exact) mass is 546 g/mol. The maximum atomic E-state index is 13.0. The van der Waals surface area contributed by atoms with E-state index >= 15 is 0 Å². The molecular formula is C31H34N2O7. The minimum Gasteiger partial charge on any atom is -0.460 e. The summed E-state index contributed by atoms with van der Waals surface area (Å²) >= 11 is 0. The van der Waals surface area contributed by atoms with E-state index in [-0.39, 0.29) is 23.6 Å². The fourth-order valence-electron chi connectivity index (χ4n) is 5.43. The van der Waals surface area contributed by atoms with Crippen molar-refractivity contribution in [1.82, 2.24) is 4.98 Å². The third kappa shape index (κ3) is 6.15. The van der Waals surface area contributed by atoms with E-state index in [0.717, 1.165) is 17.5 Å². The van der Waals surface area contributed by atoms with E-state index in [9.17, 15) is 9.59 Å². The van der Waals surface area contributed by atoms with Crippen molar-refractivity contribution in [3.8, 4) is 11.5 Å². The van der Waals surface area contributed by atoms with E-state index in [1.165, 1.54) is 5.56 Å². The second kappa shape index (κ2) is 11.1. The Balaban J connectivity index is 0.00000118. The number of carbonyl (C=O) groups excluding carboxylic acids is 3. The van der Waals surface area contributed by atoms with Gasteiger partial charge in [-0.15, -0.1) is 0 Å². The Morgan fingerprint density at radius 2 is 1.82 bits per heavy atom. The maximum Gasteiger partial charge on any atom is 0.373 e. The summed E-state index contributed by atoms with van der Waals surface area (Å²) in [6.45, 7) is 13.0. The van der Waals surface area contributed by atoms with Crippen LogP contribution in [0.2, 0.25) is 0 Å². The Morgan fingerprint density at radius 3 is 2.50 bits per heavy atom. The zero-order valence-corrected chi connectivity index (χ0v) is 23.7. The molecule has 2 aromatic carbocycles. The van der Waals surface area contributed by atoms with Gasteiger partial charge in [0.25, 0.3) is 0 Å². The van der Waals surface area contributed by atoms with Crippen LogP contribution >= 0.6 is 0 Å². The molecule has 5 rings (SSSR count). The first-order valence-corrected chi connectivity index (χ1v) is 13.3. The first kappa shape index (κ1) is 28.8. The zero-order valence-electron chi connectivity index (χ0n) is 23.7. The number of oxazole rings is 1. The standard InChI is InChI=1S/C30H34N2O5.CO2/c1-18-17-30(5,6)32(13-9-12-26(33)37-29(2,3)4)23-16-25-19(14-20(18)23)15-21(28(34)36-25)27-31-22-10-7-8-11-24(22)35-27;2-1-3/h7-8,10-11,14-16,18H,9,12-13,17H2,1-6H3;. The van der Waals surface area contributed by atoms with E-state index in [1.54, 1.807) is 0 Å². The average molecular weight is 547 g/mol. The molecule has 40 heavy (non-hydrogen) atoms. The topological polar surface area (TPSA) is 120 Å². The fourth-order valence-corrected chi connectivity index (χ4v) is 5.43. The molecule has 2 aromatic heterocycles. The Morgan fingerprint density at radius 1 is 1.12 bits per heavy atom. The van der Waals surface area contributed by atoms with Gasteiger partial charge in [0, 0.05) is 35.6 Å². The van der Waals surface area contributed by atoms with Crippen LogP contribution in [0.15, 0.2) is 56.1 Å². The van der Waals surface area contributed by atoms with E-state index in [4.69, 9.17) is 23.2 Å². The predicted octanol–water partition coefficient (Wildman–Crippen LogP) is 6.23. The number of hydrogen-bond donors (Lipinski definition) is 0. The summed E-state index contributed by atoms with van der Waals surface area (Å²) in [5, 5.41) is 0.830. The van der Waals surface area contributed by atoms with Crippen molar-refractivity contribution < 1.29 is 28.0 Å². The van der Waals surface area contributed by atoms with E-state index in [2.05, 4.69) is 36.7 Å².